The Kier molecular flexibility index (Phi) is 8.28. The van der Waals surface area contributed by atoms with Gasteiger partial charge in [-0.1, -0.05) is 35.9 Å². The lowest BCUT2D eigenvalue weighted by Crippen LogP contribution is -2.29. The van der Waals surface area contributed by atoms with Crippen LogP contribution < -0.4 is 11.1 Å². The van der Waals surface area contributed by atoms with E-state index < -0.39 is 12.1 Å². The lowest BCUT2D eigenvalue weighted by molar-refractivity contribution is -0.192. The van der Waals surface area contributed by atoms with Crippen LogP contribution in [0.1, 0.15) is 36.1 Å². The lowest BCUT2D eigenvalue weighted by atomic mass is 9.87. The number of aromatic nitrogens is 1. The number of alkyl halides is 3. The Bertz CT molecular complexity index is 957. The van der Waals surface area contributed by atoms with E-state index >= 15 is 0 Å². The minimum atomic E-state index is -5.08. The number of aryl methyl sites for hydroxylation is 1. The van der Waals surface area contributed by atoms with Crippen molar-refractivity contribution in [2.75, 3.05) is 11.9 Å². The van der Waals surface area contributed by atoms with Crippen molar-refractivity contribution in [1.29, 1.82) is 0 Å². The van der Waals surface area contributed by atoms with Gasteiger partial charge in [0.15, 0.2) is 0 Å². The van der Waals surface area contributed by atoms with Crippen LogP contribution >= 0.6 is 22.9 Å². The number of carboxylic acid groups (broad SMARTS) is 1. The first-order valence-corrected chi connectivity index (χ1v) is 10.4. The molecule has 2 aromatic rings. The first-order valence-electron chi connectivity index (χ1n) is 9.21. The zero-order chi connectivity index (χ0) is 22.5. The summed E-state index contributed by atoms with van der Waals surface area (Å²) >= 11 is 8.04. The molecule has 5 nitrogen and oxygen atoms in total. The Morgan fingerprint density at radius 3 is 2.63 bits per heavy atom. The smallest absolute Gasteiger partial charge is 0.475 e. The Morgan fingerprint density at radius 1 is 1.43 bits per heavy atom. The highest BCUT2D eigenvalue weighted by atomic mass is 35.5. The number of aliphatic carboxylic acids is 1. The maximum Gasteiger partial charge on any atom is 0.490 e. The number of halogens is 4. The quantitative estimate of drug-likeness (QED) is 0.405. The molecule has 3 rings (SSSR count). The number of hydrogen-bond acceptors (Lipinski definition) is 5. The molecule has 1 aliphatic carbocycles. The highest BCUT2D eigenvalue weighted by Crippen LogP contribution is 2.42. The molecule has 0 aliphatic heterocycles. The molecule has 0 radical (unpaired) electrons. The van der Waals surface area contributed by atoms with E-state index in [1.54, 1.807) is 11.3 Å². The van der Waals surface area contributed by atoms with Gasteiger partial charge < -0.3 is 16.2 Å². The van der Waals surface area contributed by atoms with Crippen LogP contribution in [0.2, 0.25) is 5.15 Å². The fraction of sp³-hybridized carbons (Fsp3) is 0.400. The number of carboxylic acids is 1. The molecule has 164 valence electrons. The molecule has 4 N–H and O–H groups in total. The lowest BCUT2D eigenvalue weighted by Gasteiger charge is -2.24. The average molecular weight is 462 g/mol. The molecule has 0 saturated heterocycles. The first kappa shape index (κ1) is 24.2. The molecular weight excluding hydrogens is 439 g/mol. The molecular formula is C20H23ClF3N3O2S. The van der Waals surface area contributed by atoms with Gasteiger partial charge in [-0.3, -0.25) is 0 Å². The van der Waals surface area contributed by atoms with Gasteiger partial charge >= 0.3 is 12.1 Å². The maximum atomic E-state index is 10.6. The number of nitrogens with zero attached hydrogens (tertiary/aromatic N) is 1. The summed E-state index contributed by atoms with van der Waals surface area (Å²) in [6.07, 6.45) is 5.41. The molecule has 2 aromatic heterocycles. The summed E-state index contributed by atoms with van der Waals surface area (Å²) in [6, 6.07) is 2.09. The predicted molar refractivity (Wildman–Crippen MR) is 115 cm³/mol. The van der Waals surface area contributed by atoms with Crippen LogP contribution in [0.3, 0.4) is 0 Å². The Labute approximate surface area is 181 Å². The second-order valence-corrected chi connectivity index (χ2v) is 8.17. The number of allylic oxidation sites excluding steroid dienone is 2. The monoisotopic (exact) mass is 461 g/mol. The fourth-order valence-electron chi connectivity index (χ4n) is 3.07. The summed E-state index contributed by atoms with van der Waals surface area (Å²) in [5.41, 5.74) is 9.63. The standard InChI is InChI=1S/C18H22ClN3S.C2HF3O2/c1-3-4-9-21-14-10-15(19)22-16-11(2)17(23-18(14)16)12-7-5-6-8-13(12)20;3-2(4,5)1(6)7/h3-6,10,12-13H,7-9,20H2,1-2H3,(H,21,22);(H,6,7)/b4-3+;/t12-,13-;/m0./s1. The van der Waals surface area contributed by atoms with Crippen LogP contribution in [0.25, 0.3) is 10.2 Å². The normalized spacial score (nSPS) is 19.0. The van der Waals surface area contributed by atoms with E-state index in [1.165, 1.54) is 15.1 Å². The van der Waals surface area contributed by atoms with E-state index in [0.717, 1.165) is 30.6 Å². The first-order chi connectivity index (χ1) is 14.1. The number of thiophene rings is 1. The molecule has 0 amide bonds. The largest absolute Gasteiger partial charge is 0.490 e. The van der Waals surface area contributed by atoms with Crippen molar-refractivity contribution < 1.29 is 23.1 Å². The number of hydrogen-bond donors (Lipinski definition) is 3. The SMILES string of the molecule is C/C=C/CNc1cc(Cl)nc2c(C)c([C@H]3CC=CC[C@@H]3N)sc12.O=C(O)C(F)(F)F. The van der Waals surface area contributed by atoms with E-state index in [1.807, 2.05) is 19.1 Å². The fourth-order valence-corrected chi connectivity index (χ4v) is 4.69. The van der Waals surface area contributed by atoms with Crippen molar-refractivity contribution in [3.8, 4) is 0 Å². The Hall–Kier alpha value is -2.10. The van der Waals surface area contributed by atoms with Crippen LogP contribution in [0, 0.1) is 6.92 Å². The van der Waals surface area contributed by atoms with E-state index in [-0.39, 0.29) is 6.04 Å². The number of rotatable bonds is 4. The molecule has 30 heavy (non-hydrogen) atoms. The number of fused-ring (bicyclic) bond motifs is 1. The van der Waals surface area contributed by atoms with E-state index in [0.29, 0.717) is 11.1 Å². The van der Waals surface area contributed by atoms with Gasteiger partial charge in [-0.15, -0.1) is 11.3 Å². The highest BCUT2D eigenvalue weighted by molar-refractivity contribution is 7.20. The van der Waals surface area contributed by atoms with Crippen molar-refractivity contribution in [3.63, 3.8) is 0 Å². The Morgan fingerprint density at radius 2 is 2.07 bits per heavy atom. The summed E-state index contributed by atoms with van der Waals surface area (Å²) in [4.78, 5) is 14.8. The third-order valence-corrected chi connectivity index (χ3v) is 6.23. The van der Waals surface area contributed by atoms with Crippen LogP contribution in [0.15, 0.2) is 30.4 Å². The summed E-state index contributed by atoms with van der Waals surface area (Å²) in [5.74, 6) is -2.38. The van der Waals surface area contributed by atoms with E-state index in [4.69, 9.17) is 27.2 Å². The maximum absolute atomic E-state index is 10.6. The van der Waals surface area contributed by atoms with Crippen molar-refractivity contribution in [1.82, 2.24) is 4.98 Å². The summed E-state index contributed by atoms with van der Waals surface area (Å²) in [6.45, 7) is 4.93. The van der Waals surface area contributed by atoms with Gasteiger partial charge in [0, 0.05) is 29.4 Å². The van der Waals surface area contributed by atoms with Gasteiger partial charge in [-0.2, -0.15) is 13.2 Å². The molecule has 0 unspecified atom stereocenters. The summed E-state index contributed by atoms with van der Waals surface area (Å²) in [5, 5.41) is 11.1. The molecule has 2 atom stereocenters. The third-order valence-electron chi connectivity index (χ3n) is 4.59. The topological polar surface area (TPSA) is 88.2 Å². The minimum absolute atomic E-state index is 0.182. The highest BCUT2D eigenvalue weighted by Gasteiger charge is 2.38. The minimum Gasteiger partial charge on any atom is -0.475 e. The van der Waals surface area contributed by atoms with Crippen LogP contribution in [-0.2, 0) is 4.79 Å². The van der Waals surface area contributed by atoms with Crippen molar-refractivity contribution in [2.45, 2.75) is 44.8 Å². The zero-order valence-electron chi connectivity index (χ0n) is 16.5. The summed E-state index contributed by atoms with van der Waals surface area (Å²) < 4.78 is 32.9. The molecule has 0 aromatic carbocycles. The van der Waals surface area contributed by atoms with Crippen LogP contribution in [-0.4, -0.2) is 34.8 Å². The van der Waals surface area contributed by atoms with E-state index in [9.17, 15) is 13.2 Å². The van der Waals surface area contributed by atoms with Crippen LogP contribution in [0.4, 0.5) is 18.9 Å². The second kappa shape index (κ2) is 10.3. The van der Waals surface area contributed by atoms with E-state index in [2.05, 4.69) is 35.5 Å². The third kappa shape index (κ3) is 5.96. The van der Waals surface area contributed by atoms with Gasteiger partial charge in [0.2, 0.25) is 0 Å². The van der Waals surface area contributed by atoms with Crippen molar-refractivity contribution in [3.05, 3.63) is 46.0 Å². The molecule has 0 fully saturated rings. The molecule has 0 spiro atoms. The molecule has 1 aliphatic rings. The zero-order valence-corrected chi connectivity index (χ0v) is 18.0. The predicted octanol–water partition coefficient (Wildman–Crippen LogP) is 5.64. The van der Waals surface area contributed by atoms with Crippen molar-refractivity contribution >= 4 is 44.8 Å². The van der Waals surface area contributed by atoms with Crippen molar-refractivity contribution in [2.24, 2.45) is 5.73 Å². The molecule has 0 bridgehead atoms. The van der Waals surface area contributed by atoms with Gasteiger partial charge in [-0.25, -0.2) is 9.78 Å². The van der Waals surface area contributed by atoms with Gasteiger partial charge in [0.25, 0.3) is 0 Å². The average Bonchev–Trinajstić information content (AvgIpc) is 2.99. The molecule has 0 saturated carbocycles. The van der Waals surface area contributed by atoms with Gasteiger partial charge in [0.1, 0.15) is 5.15 Å². The molecule has 10 heteroatoms. The Balaban J connectivity index is 0.000000396. The number of nitrogens with one attached hydrogen (secondary N) is 1. The second-order valence-electron chi connectivity index (χ2n) is 6.73. The van der Waals surface area contributed by atoms with Crippen LogP contribution in [0.5, 0.6) is 0 Å². The number of pyridine rings is 1. The number of nitrogens with two attached hydrogens (primary N) is 1. The van der Waals surface area contributed by atoms with Gasteiger partial charge in [0.05, 0.1) is 15.9 Å². The molecule has 2 heterocycles. The number of carbonyl (C=O) groups is 1. The summed E-state index contributed by atoms with van der Waals surface area (Å²) in [7, 11) is 0. The van der Waals surface area contributed by atoms with Gasteiger partial charge in [-0.05, 0) is 32.3 Å². The number of anilines is 1.